The Morgan fingerprint density at radius 1 is 1.22 bits per heavy atom. The van der Waals surface area contributed by atoms with E-state index in [1.54, 1.807) is 11.6 Å². The monoisotopic (exact) mass is 405 g/mol. The van der Waals surface area contributed by atoms with E-state index < -0.39 is 16.1 Å². The molecule has 0 radical (unpaired) electrons. The van der Waals surface area contributed by atoms with Gasteiger partial charge in [0.1, 0.15) is 0 Å². The second-order valence-electron chi connectivity index (χ2n) is 7.53. The number of nitrogens with zero attached hydrogens (tertiary/aromatic N) is 2. The zero-order valence-corrected chi connectivity index (χ0v) is 16.0. The van der Waals surface area contributed by atoms with E-state index in [9.17, 15) is 18.3 Å². The van der Waals surface area contributed by atoms with Crippen molar-refractivity contribution in [2.45, 2.75) is 29.9 Å². The summed E-state index contributed by atoms with van der Waals surface area (Å²) in [6.07, 6.45) is 2.89. The first-order chi connectivity index (χ1) is 12.9. The summed E-state index contributed by atoms with van der Waals surface area (Å²) in [5.41, 5.74) is 0.367. The number of nitrogens with one attached hydrogen (secondary N) is 1. The summed E-state index contributed by atoms with van der Waals surface area (Å²) in [5.74, 6) is 0.550. The van der Waals surface area contributed by atoms with Crippen molar-refractivity contribution >= 4 is 32.4 Å². The molecule has 5 rings (SSSR count). The van der Waals surface area contributed by atoms with E-state index in [0.717, 1.165) is 12.8 Å². The highest BCUT2D eigenvalue weighted by Crippen LogP contribution is 2.56. The van der Waals surface area contributed by atoms with Gasteiger partial charge in [-0.2, -0.15) is 4.31 Å². The number of aromatic nitrogens is 1. The third-order valence-corrected chi connectivity index (χ3v) is 8.75. The zero-order valence-electron chi connectivity index (χ0n) is 14.4. The minimum Gasteiger partial charge on any atom is -0.391 e. The summed E-state index contributed by atoms with van der Waals surface area (Å²) < 4.78 is 27.8. The van der Waals surface area contributed by atoms with Crippen molar-refractivity contribution in [2.75, 3.05) is 11.9 Å². The van der Waals surface area contributed by atoms with Gasteiger partial charge >= 0.3 is 0 Å². The lowest BCUT2D eigenvalue weighted by Gasteiger charge is -2.28. The highest BCUT2D eigenvalue weighted by atomic mass is 32.2. The molecule has 2 heterocycles. The number of amides is 1. The predicted molar refractivity (Wildman–Crippen MR) is 99.9 cm³/mol. The average molecular weight is 406 g/mol. The largest absolute Gasteiger partial charge is 0.391 e. The molecule has 0 spiro atoms. The first-order valence-electron chi connectivity index (χ1n) is 8.96. The van der Waals surface area contributed by atoms with Gasteiger partial charge in [-0.05, 0) is 54.9 Å². The number of anilines is 1. The number of hydrogen-bond acceptors (Lipinski definition) is 6. The maximum atomic E-state index is 13.1. The van der Waals surface area contributed by atoms with Gasteiger partial charge in [-0.3, -0.25) is 10.1 Å². The van der Waals surface area contributed by atoms with Crippen molar-refractivity contribution in [3.8, 4) is 0 Å². The molecule has 5 atom stereocenters. The van der Waals surface area contributed by atoms with Gasteiger partial charge in [0.25, 0.3) is 5.91 Å². The van der Waals surface area contributed by atoms with Gasteiger partial charge in [0.05, 0.1) is 17.0 Å². The predicted octanol–water partition coefficient (Wildman–Crippen LogP) is 1.79. The number of fused-ring (bicyclic) bond motifs is 1. The maximum absolute atomic E-state index is 13.1. The minimum absolute atomic E-state index is 0.158. The second-order valence-corrected chi connectivity index (χ2v) is 10.3. The van der Waals surface area contributed by atoms with E-state index >= 15 is 0 Å². The lowest BCUT2D eigenvalue weighted by atomic mass is 9.88. The van der Waals surface area contributed by atoms with Gasteiger partial charge < -0.3 is 5.11 Å². The van der Waals surface area contributed by atoms with E-state index in [2.05, 4.69) is 10.3 Å². The molecule has 2 N–H and O–H groups in total. The van der Waals surface area contributed by atoms with Crippen LogP contribution in [0.3, 0.4) is 0 Å². The Bertz CT molecular complexity index is 973. The van der Waals surface area contributed by atoms with Gasteiger partial charge in [-0.1, -0.05) is 0 Å². The van der Waals surface area contributed by atoms with Crippen molar-refractivity contribution in [1.29, 1.82) is 0 Å². The van der Waals surface area contributed by atoms with Crippen LogP contribution in [0.1, 0.15) is 23.2 Å². The number of carbonyl (C=O) groups excluding carboxylic acids is 1. The summed E-state index contributed by atoms with van der Waals surface area (Å²) in [4.78, 5) is 16.4. The quantitative estimate of drug-likeness (QED) is 0.808. The lowest BCUT2D eigenvalue weighted by molar-refractivity contribution is 0.0731. The van der Waals surface area contributed by atoms with E-state index in [-0.39, 0.29) is 28.7 Å². The Hall–Kier alpha value is -1.81. The van der Waals surface area contributed by atoms with Gasteiger partial charge in [0.15, 0.2) is 5.13 Å². The highest BCUT2D eigenvalue weighted by molar-refractivity contribution is 7.89. The molecule has 1 aromatic heterocycles. The normalized spacial score (nSPS) is 32.1. The summed E-state index contributed by atoms with van der Waals surface area (Å²) in [6, 6.07) is 5.64. The van der Waals surface area contributed by atoms with E-state index in [0.29, 0.717) is 23.2 Å². The molecular formula is C18H19N3O4S2. The molecule has 3 fully saturated rings. The Labute approximate surface area is 161 Å². The van der Waals surface area contributed by atoms with Crippen molar-refractivity contribution in [2.24, 2.45) is 17.8 Å². The van der Waals surface area contributed by atoms with Crippen LogP contribution in [0.5, 0.6) is 0 Å². The molecule has 2 aromatic rings. The summed E-state index contributed by atoms with van der Waals surface area (Å²) in [5, 5.41) is 15.4. The summed E-state index contributed by atoms with van der Waals surface area (Å²) in [7, 11) is -3.69. The third-order valence-electron chi connectivity index (χ3n) is 6.18. The van der Waals surface area contributed by atoms with E-state index in [1.807, 2.05) is 0 Å². The molecule has 9 heteroatoms. The van der Waals surface area contributed by atoms with Crippen molar-refractivity contribution in [3.05, 3.63) is 41.4 Å². The molecule has 1 aromatic carbocycles. The molecule has 3 aliphatic rings. The maximum Gasteiger partial charge on any atom is 0.257 e. The molecule has 2 aliphatic carbocycles. The summed E-state index contributed by atoms with van der Waals surface area (Å²) >= 11 is 1.31. The van der Waals surface area contributed by atoms with Crippen LogP contribution >= 0.6 is 11.3 Å². The zero-order chi connectivity index (χ0) is 18.8. The second kappa shape index (κ2) is 6.10. The van der Waals surface area contributed by atoms with Crippen molar-refractivity contribution < 1.29 is 18.3 Å². The van der Waals surface area contributed by atoms with Crippen molar-refractivity contribution in [1.82, 2.24) is 9.29 Å². The van der Waals surface area contributed by atoms with Crippen molar-refractivity contribution in [3.63, 3.8) is 0 Å². The van der Waals surface area contributed by atoms with Crippen LogP contribution in [0, 0.1) is 17.8 Å². The van der Waals surface area contributed by atoms with Crippen LogP contribution in [0.25, 0.3) is 0 Å². The third kappa shape index (κ3) is 2.64. The number of aliphatic hydroxyl groups excluding tert-OH is 1. The number of aliphatic hydroxyl groups is 1. The molecule has 2 bridgehead atoms. The SMILES string of the molecule is O=C(Nc1nccs1)c1ccc(S(=O)(=O)N2C[C@@H]3C[C@H]4C[C@H]3[C@@H]2[C@H]4O)cc1. The van der Waals surface area contributed by atoms with Crippen LogP contribution in [0.15, 0.2) is 40.7 Å². The van der Waals surface area contributed by atoms with Crippen LogP contribution in [-0.2, 0) is 10.0 Å². The molecule has 1 aliphatic heterocycles. The first-order valence-corrected chi connectivity index (χ1v) is 11.3. The highest BCUT2D eigenvalue weighted by Gasteiger charge is 2.61. The van der Waals surface area contributed by atoms with Gasteiger partial charge in [-0.15, -0.1) is 11.3 Å². The fraction of sp³-hybridized carbons (Fsp3) is 0.444. The lowest BCUT2D eigenvalue weighted by Crippen LogP contribution is -2.43. The van der Waals surface area contributed by atoms with Crippen LogP contribution in [-0.4, -0.2) is 47.4 Å². The fourth-order valence-corrected chi connectivity index (χ4v) is 7.27. The number of benzene rings is 1. The Morgan fingerprint density at radius 3 is 2.67 bits per heavy atom. The molecule has 142 valence electrons. The molecule has 1 saturated heterocycles. The molecule has 7 nitrogen and oxygen atoms in total. The molecule has 27 heavy (non-hydrogen) atoms. The van der Waals surface area contributed by atoms with Gasteiger partial charge in [0.2, 0.25) is 10.0 Å². The topological polar surface area (TPSA) is 99.6 Å². The number of sulfonamides is 1. The Kier molecular flexibility index (Phi) is 3.91. The minimum atomic E-state index is -3.69. The first kappa shape index (κ1) is 17.3. The Balaban J connectivity index is 1.37. The smallest absolute Gasteiger partial charge is 0.257 e. The number of carbonyl (C=O) groups is 1. The van der Waals surface area contributed by atoms with Crippen LogP contribution in [0.2, 0.25) is 0 Å². The van der Waals surface area contributed by atoms with Crippen LogP contribution < -0.4 is 5.32 Å². The number of thiazole rings is 1. The van der Waals surface area contributed by atoms with Gasteiger partial charge in [-0.25, -0.2) is 13.4 Å². The molecular weight excluding hydrogens is 386 g/mol. The molecule has 0 unspecified atom stereocenters. The number of hydrogen-bond donors (Lipinski definition) is 2. The average Bonchev–Trinajstić information content (AvgIpc) is 3.39. The van der Waals surface area contributed by atoms with Gasteiger partial charge in [0, 0.05) is 23.7 Å². The van der Waals surface area contributed by atoms with Crippen LogP contribution in [0.4, 0.5) is 5.13 Å². The molecule has 2 saturated carbocycles. The molecule has 1 amide bonds. The van der Waals surface area contributed by atoms with E-state index in [1.165, 1.54) is 39.9 Å². The van der Waals surface area contributed by atoms with E-state index in [4.69, 9.17) is 0 Å². The Morgan fingerprint density at radius 2 is 2.00 bits per heavy atom. The summed E-state index contributed by atoms with van der Waals surface area (Å²) in [6.45, 7) is 0.484. The fourth-order valence-electron chi connectivity index (χ4n) is 5.00. The standard InChI is InChI=1S/C18H19N3O4S2/c22-16-11-7-12-9-21(15(16)14(12)8-11)27(24,25)13-3-1-10(2-4-13)17(23)20-18-19-5-6-26-18/h1-6,11-12,14-16,22H,7-9H2,(H,19,20,23)/t11-,12-,14+,15+,16-/m0/s1. The number of rotatable bonds is 4.